The number of hydrogen-bond donors (Lipinski definition) is 0. The highest BCUT2D eigenvalue weighted by molar-refractivity contribution is 5.90. The molecular formula is C14H19NO3. The predicted octanol–water partition coefficient (Wildman–Crippen LogP) is 2.48. The Bertz CT molecular complexity index is 398. The first-order chi connectivity index (χ1) is 8.54. The van der Waals surface area contributed by atoms with Crippen LogP contribution in [-0.4, -0.2) is 26.0 Å². The third kappa shape index (κ3) is 4.20. The van der Waals surface area contributed by atoms with Gasteiger partial charge >= 0.3 is 5.97 Å². The maximum absolute atomic E-state index is 11.7. The molecule has 18 heavy (non-hydrogen) atoms. The normalized spacial score (nSPS) is 10.2. The van der Waals surface area contributed by atoms with E-state index in [-0.39, 0.29) is 5.97 Å². The molecule has 0 aliphatic rings. The van der Waals surface area contributed by atoms with Gasteiger partial charge in [-0.1, -0.05) is 13.8 Å². The van der Waals surface area contributed by atoms with E-state index in [1.54, 1.807) is 31.3 Å². The molecule has 0 saturated heterocycles. The van der Waals surface area contributed by atoms with Gasteiger partial charge in [0, 0.05) is 12.7 Å². The first kappa shape index (κ1) is 14.2. The molecule has 98 valence electrons. The molecular weight excluding hydrogens is 230 g/mol. The summed E-state index contributed by atoms with van der Waals surface area (Å²) in [7, 11) is 1.66. The van der Waals surface area contributed by atoms with E-state index in [9.17, 15) is 9.59 Å². The summed E-state index contributed by atoms with van der Waals surface area (Å²) in [5.74, 6) is 0.192. The fourth-order valence-electron chi connectivity index (χ4n) is 1.36. The third-order valence-electron chi connectivity index (χ3n) is 2.60. The lowest BCUT2D eigenvalue weighted by Crippen LogP contribution is -2.14. The number of carbonyl (C=O) groups excluding carboxylic acids is 2. The van der Waals surface area contributed by atoms with E-state index in [4.69, 9.17) is 4.74 Å². The zero-order valence-electron chi connectivity index (χ0n) is 11.1. The molecule has 0 radical (unpaired) electrons. The molecule has 1 amide bonds. The van der Waals surface area contributed by atoms with Crippen LogP contribution in [0.5, 0.6) is 0 Å². The smallest absolute Gasteiger partial charge is 0.338 e. The summed E-state index contributed by atoms with van der Waals surface area (Å²) in [4.78, 5) is 23.7. The number of amides is 1. The molecule has 1 aromatic carbocycles. The van der Waals surface area contributed by atoms with Gasteiger partial charge in [0.05, 0.1) is 12.2 Å². The number of ether oxygens (including phenoxy) is 1. The quantitative estimate of drug-likeness (QED) is 0.575. The Morgan fingerprint density at radius 1 is 1.33 bits per heavy atom. The molecule has 0 N–H and O–H groups in total. The summed E-state index contributed by atoms with van der Waals surface area (Å²) in [6.45, 7) is 4.60. The molecule has 0 fully saturated rings. The van der Waals surface area contributed by atoms with Gasteiger partial charge in [-0.2, -0.15) is 0 Å². The van der Waals surface area contributed by atoms with Crippen molar-refractivity contribution in [3.63, 3.8) is 0 Å². The number of carbonyl (C=O) groups is 2. The average Bonchev–Trinajstić information content (AvgIpc) is 2.37. The number of nitrogens with zero attached hydrogens (tertiary/aromatic N) is 1. The topological polar surface area (TPSA) is 46.6 Å². The highest BCUT2D eigenvalue weighted by Crippen LogP contribution is 2.13. The van der Waals surface area contributed by atoms with Gasteiger partial charge in [0.25, 0.3) is 0 Å². The summed E-state index contributed by atoms with van der Waals surface area (Å²) in [5, 5.41) is 0. The van der Waals surface area contributed by atoms with E-state index in [1.807, 2.05) is 0 Å². The summed E-state index contributed by atoms with van der Waals surface area (Å²) in [5.41, 5.74) is 1.24. The van der Waals surface area contributed by atoms with Crippen molar-refractivity contribution in [1.29, 1.82) is 0 Å². The summed E-state index contributed by atoms with van der Waals surface area (Å²) < 4.78 is 5.14. The van der Waals surface area contributed by atoms with Crippen LogP contribution in [0.2, 0.25) is 0 Å². The first-order valence-corrected chi connectivity index (χ1v) is 6.00. The van der Waals surface area contributed by atoms with Gasteiger partial charge in [-0.25, -0.2) is 4.79 Å². The van der Waals surface area contributed by atoms with Crippen molar-refractivity contribution in [2.45, 2.75) is 20.3 Å². The molecule has 0 spiro atoms. The monoisotopic (exact) mass is 249 g/mol. The first-order valence-electron chi connectivity index (χ1n) is 6.00. The van der Waals surface area contributed by atoms with E-state index < -0.39 is 0 Å². The second-order valence-corrected chi connectivity index (χ2v) is 4.58. The lowest BCUT2D eigenvalue weighted by molar-refractivity contribution is -0.107. The summed E-state index contributed by atoms with van der Waals surface area (Å²) >= 11 is 0. The van der Waals surface area contributed by atoms with Crippen LogP contribution in [0.1, 0.15) is 30.6 Å². The van der Waals surface area contributed by atoms with Gasteiger partial charge in [0.1, 0.15) is 0 Å². The number of benzene rings is 1. The SMILES string of the molecule is CC(C)CCOC(=O)c1ccc(N(C)C=O)cc1. The van der Waals surface area contributed by atoms with Crippen LogP contribution < -0.4 is 4.90 Å². The Kier molecular flexibility index (Phi) is 5.36. The molecule has 0 bridgehead atoms. The lowest BCUT2D eigenvalue weighted by Gasteiger charge is -2.11. The molecule has 1 rings (SSSR count). The maximum atomic E-state index is 11.7. The minimum Gasteiger partial charge on any atom is -0.462 e. The van der Waals surface area contributed by atoms with Gasteiger partial charge in [0.15, 0.2) is 0 Å². The molecule has 0 aliphatic heterocycles. The Morgan fingerprint density at radius 3 is 2.44 bits per heavy atom. The highest BCUT2D eigenvalue weighted by Gasteiger charge is 2.08. The van der Waals surface area contributed by atoms with Crippen molar-refractivity contribution >= 4 is 18.1 Å². The van der Waals surface area contributed by atoms with Crippen LogP contribution in [0, 0.1) is 5.92 Å². The predicted molar refractivity (Wildman–Crippen MR) is 70.6 cm³/mol. The van der Waals surface area contributed by atoms with Crippen molar-refractivity contribution in [2.75, 3.05) is 18.6 Å². The van der Waals surface area contributed by atoms with Crippen LogP contribution in [0.25, 0.3) is 0 Å². The molecule has 0 aromatic heterocycles. The van der Waals surface area contributed by atoms with Gasteiger partial charge < -0.3 is 9.64 Å². The molecule has 0 heterocycles. The minimum atomic E-state index is -0.323. The highest BCUT2D eigenvalue weighted by atomic mass is 16.5. The second kappa shape index (κ2) is 6.79. The third-order valence-corrected chi connectivity index (χ3v) is 2.60. The molecule has 0 saturated carbocycles. The van der Waals surface area contributed by atoms with Crippen molar-refractivity contribution in [1.82, 2.24) is 0 Å². The fourth-order valence-corrected chi connectivity index (χ4v) is 1.36. The number of hydrogen-bond acceptors (Lipinski definition) is 3. The average molecular weight is 249 g/mol. The van der Waals surface area contributed by atoms with E-state index in [0.717, 1.165) is 18.5 Å². The van der Waals surface area contributed by atoms with Crippen molar-refractivity contribution in [3.05, 3.63) is 29.8 Å². The Morgan fingerprint density at radius 2 is 1.94 bits per heavy atom. The largest absolute Gasteiger partial charge is 0.462 e. The van der Waals surface area contributed by atoms with Crippen molar-refractivity contribution in [2.24, 2.45) is 5.92 Å². The summed E-state index contributed by atoms with van der Waals surface area (Å²) in [6, 6.07) is 6.75. The van der Waals surface area contributed by atoms with Gasteiger partial charge in [0.2, 0.25) is 6.41 Å². The van der Waals surface area contributed by atoms with Crippen molar-refractivity contribution < 1.29 is 14.3 Å². The van der Waals surface area contributed by atoms with Crippen LogP contribution in [-0.2, 0) is 9.53 Å². The van der Waals surface area contributed by atoms with Crippen LogP contribution in [0.3, 0.4) is 0 Å². The van der Waals surface area contributed by atoms with Crippen LogP contribution in [0.4, 0.5) is 5.69 Å². The fraction of sp³-hybridized carbons (Fsp3) is 0.429. The number of anilines is 1. The maximum Gasteiger partial charge on any atom is 0.338 e. The summed E-state index contributed by atoms with van der Waals surface area (Å²) in [6.07, 6.45) is 1.58. The molecule has 1 aromatic rings. The molecule has 4 heteroatoms. The van der Waals surface area contributed by atoms with E-state index in [1.165, 1.54) is 4.90 Å². The Balaban J connectivity index is 2.56. The molecule has 4 nitrogen and oxygen atoms in total. The Hall–Kier alpha value is -1.84. The zero-order valence-corrected chi connectivity index (χ0v) is 11.1. The standard InChI is InChI=1S/C14H19NO3/c1-11(2)8-9-18-14(17)12-4-6-13(7-5-12)15(3)10-16/h4-7,10-11H,8-9H2,1-3H3. The van der Waals surface area contributed by atoms with Gasteiger partial charge in [-0.05, 0) is 36.6 Å². The number of rotatable bonds is 6. The van der Waals surface area contributed by atoms with E-state index in [0.29, 0.717) is 18.1 Å². The minimum absolute atomic E-state index is 0.323. The van der Waals surface area contributed by atoms with Crippen LogP contribution in [0.15, 0.2) is 24.3 Å². The van der Waals surface area contributed by atoms with E-state index >= 15 is 0 Å². The van der Waals surface area contributed by atoms with Gasteiger partial charge in [-0.3, -0.25) is 4.79 Å². The molecule has 0 aliphatic carbocycles. The van der Waals surface area contributed by atoms with Crippen LogP contribution >= 0.6 is 0 Å². The lowest BCUT2D eigenvalue weighted by atomic mass is 10.1. The molecule has 0 unspecified atom stereocenters. The van der Waals surface area contributed by atoms with Crippen molar-refractivity contribution in [3.8, 4) is 0 Å². The Labute approximate surface area is 108 Å². The molecule has 0 atom stereocenters. The van der Waals surface area contributed by atoms with E-state index in [2.05, 4.69) is 13.8 Å². The van der Waals surface area contributed by atoms with Gasteiger partial charge in [-0.15, -0.1) is 0 Å². The second-order valence-electron chi connectivity index (χ2n) is 4.58. The number of esters is 1. The zero-order chi connectivity index (χ0) is 13.5.